The topological polar surface area (TPSA) is 88.6 Å². The Kier molecular flexibility index (Phi) is 6.38. The van der Waals surface area contributed by atoms with E-state index in [2.05, 4.69) is 9.71 Å². The number of hydrogen-bond acceptors (Lipinski definition) is 5. The number of carbonyl (C=O) groups excluding carboxylic acids is 1. The average Bonchev–Trinajstić information content (AvgIpc) is 3.22. The van der Waals surface area contributed by atoms with Crippen molar-refractivity contribution in [3.63, 3.8) is 0 Å². The van der Waals surface area contributed by atoms with Gasteiger partial charge in [0.15, 0.2) is 0 Å². The Morgan fingerprint density at radius 2 is 1.86 bits per heavy atom. The van der Waals surface area contributed by atoms with Crippen LogP contribution < -0.4 is 14.4 Å². The van der Waals surface area contributed by atoms with E-state index in [0.29, 0.717) is 27.3 Å². The Morgan fingerprint density at radius 1 is 1.08 bits per heavy atom. The summed E-state index contributed by atoms with van der Waals surface area (Å²) in [5, 5.41) is 2.05. The Hall–Kier alpha value is -3.53. The maximum atomic E-state index is 15.1. The number of halogens is 2. The first kappa shape index (κ1) is 24.2. The van der Waals surface area contributed by atoms with Crippen LogP contribution in [0.1, 0.15) is 6.42 Å². The van der Waals surface area contributed by atoms with Crippen molar-refractivity contribution in [3.8, 4) is 16.9 Å². The van der Waals surface area contributed by atoms with Crippen molar-refractivity contribution in [2.24, 2.45) is 0 Å². The Balaban J connectivity index is 1.36. The quantitative estimate of drug-likeness (QED) is 0.391. The van der Waals surface area contributed by atoms with Crippen molar-refractivity contribution in [1.29, 1.82) is 0 Å². The van der Waals surface area contributed by atoms with Gasteiger partial charge in [-0.2, -0.15) is 4.72 Å². The van der Waals surface area contributed by atoms with Gasteiger partial charge in [-0.15, -0.1) is 0 Å². The molecule has 10 heteroatoms. The highest BCUT2D eigenvalue weighted by molar-refractivity contribution is 7.89. The highest BCUT2D eigenvalue weighted by atomic mass is 35.5. The number of fused-ring (bicyclic) bond motifs is 1. The standard InChI is InChI=1S/C26H21ClFN3O4S/c1-35-25-8-10-29-15-21(25)18-4-7-24(22(28)14-18)31-11-9-23(26(31)32)30-36(33,34)20-6-3-16-12-19(27)5-2-17(16)13-20/h2-8,10,12-15,23,30H,9,11H2,1H3. The van der Waals surface area contributed by atoms with Gasteiger partial charge in [0.1, 0.15) is 17.6 Å². The van der Waals surface area contributed by atoms with Gasteiger partial charge in [-0.05, 0) is 65.2 Å². The number of anilines is 1. The highest BCUT2D eigenvalue weighted by Crippen LogP contribution is 2.33. The maximum absolute atomic E-state index is 15.1. The van der Waals surface area contributed by atoms with Crippen LogP contribution in [0.4, 0.5) is 10.1 Å². The molecule has 1 atom stereocenters. The van der Waals surface area contributed by atoms with E-state index in [4.69, 9.17) is 16.3 Å². The number of nitrogens with zero attached hydrogens (tertiary/aromatic N) is 2. The Bertz CT molecular complexity index is 1600. The fraction of sp³-hybridized carbons (Fsp3) is 0.154. The second-order valence-corrected chi connectivity index (χ2v) is 10.5. The SMILES string of the molecule is COc1ccncc1-c1ccc(N2CCC(NS(=O)(=O)c3ccc4cc(Cl)ccc4c3)C2=O)c(F)c1. The number of methoxy groups -OCH3 is 1. The minimum atomic E-state index is -3.99. The van der Waals surface area contributed by atoms with Gasteiger partial charge in [0.25, 0.3) is 0 Å². The normalized spacial score (nSPS) is 16.0. The van der Waals surface area contributed by atoms with Crippen LogP contribution in [-0.4, -0.2) is 39.0 Å². The first-order valence-corrected chi connectivity index (χ1v) is 12.9. The third-order valence-electron chi connectivity index (χ3n) is 6.14. The zero-order chi connectivity index (χ0) is 25.4. The van der Waals surface area contributed by atoms with E-state index in [9.17, 15) is 13.2 Å². The van der Waals surface area contributed by atoms with Crippen molar-refractivity contribution in [3.05, 3.63) is 83.9 Å². The smallest absolute Gasteiger partial charge is 0.245 e. The lowest BCUT2D eigenvalue weighted by Crippen LogP contribution is -2.41. The molecule has 36 heavy (non-hydrogen) atoms. The van der Waals surface area contributed by atoms with Gasteiger partial charge < -0.3 is 9.64 Å². The number of rotatable bonds is 6. The van der Waals surface area contributed by atoms with E-state index in [1.54, 1.807) is 48.8 Å². The summed E-state index contributed by atoms with van der Waals surface area (Å²) in [5.41, 5.74) is 1.24. The van der Waals surface area contributed by atoms with Crippen LogP contribution >= 0.6 is 11.6 Å². The lowest BCUT2D eigenvalue weighted by molar-refractivity contribution is -0.118. The third-order valence-corrected chi connectivity index (χ3v) is 7.84. The van der Waals surface area contributed by atoms with E-state index in [1.807, 2.05) is 0 Å². The van der Waals surface area contributed by atoms with E-state index in [-0.39, 0.29) is 23.5 Å². The predicted octanol–water partition coefficient (Wildman–Crippen LogP) is 4.79. The number of sulfonamides is 1. The molecule has 1 aliphatic rings. The lowest BCUT2D eigenvalue weighted by atomic mass is 10.1. The second kappa shape index (κ2) is 9.50. The average molecular weight is 526 g/mol. The molecule has 0 spiro atoms. The van der Waals surface area contributed by atoms with Crippen molar-refractivity contribution >= 4 is 44.0 Å². The van der Waals surface area contributed by atoms with Gasteiger partial charge in [-0.1, -0.05) is 29.8 Å². The molecule has 1 amide bonds. The summed E-state index contributed by atoms with van der Waals surface area (Å²) in [7, 11) is -2.47. The highest BCUT2D eigenvalue weighted by Gasteiger charge is 2.36. The van der Waals surface area contributed by atoms with E-state index >= 15 is 4.39 Å². The lowest BCUT2D eigenvalue weighted by Gasteiger charge is -2.19. The van der Waals surface area contributed by atoms with Crippen LogP contribution in [0.15, 0.2) is 78.0 Å². The number of aromatic nitrogens is 1. The zero-order valence-corrected chi connectivity index (χ0v) is 20.7. The molecule has 4 aromatic rings. The molecule has 184 valence electrons. The molecule has 7 nitrogen and oxygen atoms in total. The van der Waals surface area contributed by atoms with Crippen molar-refractivity contribution in [2.45, 2.75) is 17.4 Å². The first-order chi connectivity index (χ1) is 17.3. The minimum absolute atomic E-state index is 0.0320. The van der Waals surface area contributed by atoms with E-state index < -0.39 is 27.8 Å². The zero-order valence-electron chi connectivity index (χ0n) is 19.1. The molecule has 1 aliphatic heterocycles. The van der Waals surface area contributed by atoms with Crippen molar-refractivity contribution in [2.75, 3.05) is 18.6 Å². The third kappa shape index (κ3) is 4.53. The summed E-state index contributed by atoms with van der Waals surface area (Å²) in [5.74, 6) is -0.583. The van der Waals surface area contributed by atoms with Crippen LogP contribution in [0.2, 0.25) is 5.02 Å². The molecule has 1 aromatic heterocycles. The number of hydrogen-bond donors (Lipinski definition) is 1. The summed E-state index contributed by atoms with van der Waals surface area (Å²) in [6.07, 6.45) is 3.35. The summed E-state index contributed by atoms with van der Waals surface area (Å²) in [6.45, 7) is 0.175. The number of pyridine rings is 1. The van der Waals surface area contributed by atoms with Crippen LogP contribution in [0.3, 0.4) is 0 Å². The van der Waals surface area contributed by atoms with Crippen molar-refractivity contribution in [1.82, 2.24) is 9.71 Å². The minimum Gasteiger partial charge on any atom is -0.496 e. The van der Waals surface area contributed by atoms with E-state index in [0.717, 1.165) is 5.39 Å². The Labute approximate surface area is 212 Å². The summed E-state index contributed by atoms with van der Waals surface area (Å²) in [6, 6.07) is 14.9. The molecule has 1 saturated heterocycles. The molecule has 2 heterocycles. The predicted molar refractivity (Wildman–Crippen MR) is 136 cm³/mol. The van der Waals surface area contributed by atoms with E-state index in [1.165, 1.54) is 36.3 Å². The van der Waals surface area contributed by atoms with Crippen LogP contribution in [0.5, 0.6) is 5.75 Å². The van der Waals surface area contributed by atoms with Gasteiger partial charge in [-0.25, -0.2) is 12.8 Å². The molecule has 1 N–H and O–H groups in total. The first-order valence-electron chi connectivity index (χ1n) is 11.1. The van der Waals surface area contributed by atoms with Gasteiger partial charge in [-0.3, -0.25) is 9.78 Å². The Morgan fingerprint density at radius 3 is 2.64 bits per heavy atom. The summed E-state index contributed by atoms with van der Waals surface area (Å²) >= 11 is 6.00. The maximum Gasteiger partial charge on any atom is 0.245 e. The number of ether oxygens (including phenoxy) is 1. The fourth-order valence-corrected chi connectivity index (χ4v) is 5.75. The number of benzene rings is 3. The molecule has 1 fully saturated rings. The van der Waals surface area contributed by atoms with Gasteiger partial charge in [0.05, 0.1) is 17.7 Å². The fourth-order valence-electron chi connectivity index (χ4n) is 4.32. The summed E-state index contributed by atoms with van der Waals surface area (Å²) < 4.78 is 48.9. The van der Waals surface area contributed by atoms with Crippen LogP contribution in [-0.2, 0) is 14.8 Å². The molecule has 3 aromatic carbocycles. The second-order valence-electron chi connectivity index (χ2n) is 8.35. The molecule has 0 bridgehead atoms. The van der Waals surface area contributed by atoms with Crippen LogP contribution in [0.25, 0.3) is 21.9 Å². The molecular weight excluding hydrogens is 505 g/mol. The molecule has 0 saturated carbocycles. The molecule has 1 unspecified atom stereocenters. The largest absolute Gasteiger partial charge is 0.496 e. The monoisotopic (exact) mass is 525 g/mol. The number of carbonyl (C=O) groups is 1. The van der Waals surface area contributed by atoms with Crippen molar-refractivity contribution < 1.29 is 22.3 Å². The number of nitrogens with one attached hydrogen (secondary N) is 1. The molecular formula is C26H21ClFN3O4S. The molecule has 0 radical (unpaired) electrons. The van der Waals surface area contributed by atoms with Gasteiger partial charge in [0, 0.05) is 29.5 Å². The summed E-state index contributed by atoms with van der Waals surface area (Å²) in [4.78, 5) is 18.4. The van der Waals surface area contributed by atoms with Gasteiger partial charge in [0.2, 0.25) is 15.9 Å². The molecule has 5 rings (SSSR count). The van der Waals surface area contributed by atoms with Crippen LogP contribution in [0, 0.1) is 5.82 Å². The number of amides is 1. The van der Waals surface area contributed by atoms with Gasteiger partial charge >= 0.3 is 0 Å². The molecule has 0 aliphatic carbocycles.